The van der Waals surface area contributed by atoms with E-state index in [2.05, 4.69) is 5.32 Å². The van der Waals surface area contributed by atoms with Crippen LogP contribution in [0.25, 0.3) is 0 Å². The summed E-state index contributed by atoms with van der Waals surface area (Å²) >= 11 is 0. The van der Waals surface area contributed by atoms with Crippen LogP contribution in [0.15, 0.2) is 23.1 Å². The van der Waals surface area contributed by atoms with Crippen LogP contribution < -0.4 is 15.8 Å². The predicted octanol–water partition coefficient (Wildman–Crippen LogP) is 2.04. The van der Waals surface area contributed by atoms with Gasteiger partial charge in [-0.05, 0) is 31.0 Å². The van der Waals surface area contributed by atoms with Crippen molar-refractivity contribution in [2.45, 2.75) is 45.6 Å². The van der Waals surface area contributed by atoms with Gasteiger partial charge in [-0.1, -0.05) is 27.7 Å². The van der Waals surface area contributed by atoms with Gasteiger partial charge in [0.15, 0.2) is 0 Å². The van der Waals surface area contributed by atoms with Crippen molar-refractivity contribution in [3.63, 3.8) is 0 Å². The first-order chi connectivity index (χ1) is 11.7. The van der Waals surface area contributed by atoms with Crippen LogP contribution in [0.3, 0.4) is 0 Å². The molecular weight excluding hydrogens is 342 g/mol. The molecule has 0 aliphatic rings. The van der Waals surface area contributed by atoms with Crippen LogP contribution in [0.1, 0.15) is 34.6 Å². The van der Waals surface area contributed by atoms with E-state index in [1.807, 2.05) is 13.8 Å². The fourth-order valence-electron chi connectivity index (χ4n) is 2.29. The molecule has 1 aromatic rings. The number of ether oxygens (including phenoxy) is 1. The largest absolute Gasteiger partial charge is 0.492 e. The Bertz CT molecular complexity index is 685. The molecular formula is C17H29N3O4S. The van der Waals surface area contributed by atoms with Gasteiger partial charge in [0.05, 0.1) is 12.6 Å². The maximum atomic E-state index is 12.9. The number of sulfonamides is 1. The molecule has 0 fully saturated rings. The quantitative estimate of drug-likeness (QED) is 0.692. The maximum Gasteiger partial charge on any atom is 0.246 e. The lowest BCUT2D eigenvalue weighted by molar-refractivity contribution is -0.118. The van der Waals surface area contributed by atoms with Gasteiger partial charge in [0.2, 0.25) is 15.9 Å². The summed E-state index contributed by atoms with van der Waals surface area (Å²) in [6.45, 7) is 10.1. The first-order valence-electron chi connectivity index (χ1n) is 8.52. The van der Waals surface area contributed by atoms with Gasteiger partial charge < -0.3 is 15.8 Å². The molecule has 1 rings (SSSR count). The summed E-state index contributed by atoms with van der Waals surface area (Å²) in [6, 6.07) is 3.91. The van der Waals surface area contributed by atoms with E-state index in [4.69, 9.17) is 10.5 Å². The first kappa shape index (κ1) is 21.4. The van der Waals surface area contributed by atoms with Crippen molar-refractivity contribution in [2.75, 3.05) is 25.0 Å². The number of nitrogens with one attached hydrogen (secondary N) is 1. The number of hydrogen-bond acceptors (Lipinski definition) is 5. The zero-order valence-corrected chi connectivity index (χ0v) is 16.4. The second-order valence-electron chi connectivity index (χ2n) is 5.94. The molecule has 142 valence electrons. The Kier molecular flexibility index (Phi) is 7.85. The highest BCUT2D eigenvalue weighted by Crippen LogP contribution is 2.30. The van der Waals surface area contributed by atoms with Crippen molar-refractivity contribution in [3.8, 4) is 5.75 Å². The summed E-state index contributed by atoms with van der Waals surface area (Å²) in [7, 11) is -3.72. The fraction of sp³-hybridized carbons (Fsp3) is 0.588. The van der Waals surface area contributed by atoms with E-state index in [1.54, 1.807) is 32.9 Å². The molecule has 0 bridgehead atoms. The lowest BCUT2D eigenvalue weighted by atomic mass is 10.0. The third-order valence-electron chi connectivity index (χ3n) is 3.86. The van der Waals surface area contributed by atoms with Crippen molar-refractivity contribution in [1.29, 1.82) is 0 Å². The molecule has 0 aliphatic heterocycles. The minimum atomic E-state index is -3.72. The normalized spacial score (nSPS) is 13.1. The molecule has 7 nitrogen and oxygen atoms in total. The number of hydrogen-bond donors (Lipinski definition) is 2. The number of anilines is 1. The molecule has 25 heavy (non-hydrogen) atoms. The number of rotatable bonds is 9. The molecule has 0 aromatic heterocycles. The number of benzene rings is 1. The molecule has 1 aromatic carbocycles. The van der Waals surface area contributed by atoms with Crippen LogP contribution >= 0.6 is 0 Å². The monoisotopic (exact) mass is 371 g/mol. The zero-order chi connectivity index (χ0) is 19.2. The van der Waals surface area contributed by atoms with Gasteiger partial charge in [-0.2, -0.15) is 4.31 Å². The molecule has 0 saturated carbocycles. The van der Waals surface area contributed by atoms with Crippen molar-refractivity contribution in [3.05, 3.63) is 18.2 Å². The molecule has 0 saturated heterocycles. The van der Waals surface area contributed by atoms with Gasteiger partial charge in [-0.3, -0.25) is 4.79 Å². The number of amides is 1. The van der Waals surface area contributed by atoms with Crippen LogP contribution in [0.4, 0.5) is 5.69 Å². The summed E-state index contributed by atoms with van der Waals surface area (Å²) in [5.74, 6) is -0.118. The molecule has 0 radical (unpaired) electrons. The molecule has 8 heteroatoms. The smallest absolute Gasteiger partial charge is 0.246 e. The fourth-order valence-corrected chi connectivity index (χ4v) is 3.91. The highest BCUT2D eigenvalue weighted by molar-refractivity contribution is 7.89. The zero-order valence-electron chi connectivity index (χ0n) is 15.6. The molecule has 1 atom stereocenters. The minimum Gasteiger partial charge on any atom is -0.492 e. The highest BCUT2D eigenvalue weighted by Gasteiger charge is 2.27. The third kappa shape index (κ3) is 5.17. The Balaban J connectivity index is 3.29. The van der Waals surface area contributed by atoms with E-state index in [0.717, 1.165) is 0 Å². The molecule has 0 spiro atoms. The minimum absolute atomic E-state index is 0.0263. The number of nitrogens with two attached hydrogens (primary N) is 1. The van der Waals surface area contributed by atoms with E-state index >= 15 is 0 Å². The van der Waals surface area contributed by atoms with E-state index in [-0.39, 0.29) is 22.5 Å². The highest BCUT2D eigenvalue weighted by atomic mass is 32.2. The Morgan fingerprint density at radius 3 is 2.32 bits per heavy atom. The van der Waals surface area contributed by atoms with Crippen LogP contribution in [-0.2, 0) is 14.8 Å². The van der Waals surface area contributed by atoms with Crippen molar-refractivity contribution in [2.24, 2.45) is 11.7 Å². The van der Waals surface area contributed by atoms with Crippen molar-refractivity contribution in [1.82, 2.24) is 4.31 Å². The average Bonchev–Trinajstić information content (AvgIpc) is 2.56. The number of carbonyl (C=O) groups excluding carboxylic acids is 1. The standard InChI is InChI=1S/C17H29N3O4S/c1-6-20(7-2)25(22,23)15-11-13(9-10-14(15)24-8-3)19-17(21)16(18)12(4)5/h9-12,16H,6-8,18H2,1-5H3,(H,19,21). The van der Waals surface area contributed by atoms with E-state index in [9.17, 15) is 13.2 Å². The Morgan fingerprint density at radius 2 is 1.84 bits per heavy atom. The van der Waals surface area contributed by atoms with Gasteiger partial charge >= 0.3 is 0 Å². The lowest BCUT2D eigenvalue weighted by Crippen LogP contribution is -2.39. The Labute approximate surface area is 150 Å². The Hall–Kier alpha value is -1.64. The summed E-state index contributed by atoms with van der Waals surface area (Å²) in [5.41, 5.74) is 6.21. The molecule has 1 unspecified atom stereocenters. The molecule has 0 aliphatic carbocycles. The van der Waals surface area contributed by atoms with Crippen LogP contribution in [-0.4, -0.2) is 44.4 Å². The molecule has 3 N–H and O–H groups in total. The van der Waals surface area contributed by atoms with Crippen molar-refractivity contribution < 1.29 is 17.9 Å². The average molecular weight is 372 g/mol. The second-order valence-corrected chi connectivity index (χ2v) is 7.85. The predicted molar refractivity (Wildman–Crippen MR) is 99.2 cm³/mol. The van der Waals surface area contributed by atoms with Gasteiger partial charge in [-0.25, -0.2) is 8.42 Å². The second kappa shape index (κ2) is 9.17. The maximum absolute atomic E-state index is 12.9. The molecule has 1 amide bonds. The topological polar surface area (TPSA) is 102 Å². The summed E-state index contributed by atoms with van der Waals surface area (Å²) < 4.78 is 32.6. The van der Waals surface area contributed by atoms with Crippen LogP contribution in [0.5, 0.6) is 5.75 Å². The Morgan fingerprint density at radius 1 is 1.24 bits per heavy atom. The van der Waals surface area contributed by atoms with E-state index in [0.29, 0.717) is 25.4 Å². The summed E-state index contributed by atoms with van der Waals surface area (Å²) in [6.07, 6.45) is 0. The van der Waals surface area contributed by atoms with E-state index < -0.39 is 16.1 Å². The van der Waals surface area contributed by atoms with Gasteiger partial charge in [0.25, 0.3) is 0 Å². The van der Waals surface area contributed by atoms with Crippen LogP contribution in [0, 0.1) is 5.92 Å². The van der Waals surface area contributed by atoms with E-state index in [1.165, 1.54) is 10.4 Å². The summed E-state index contributed by atoms with van der Waals surface area (Å²) in [4.78, 5) is 12.2. The SMILES string of the molecule is CCOc1ccc(NC(=O)C(N)C(C)C)cc1S(=O)(=O)N(CC)CC. The van der Waals surface area contributed by atoms with Gasteiger partial charge in [0.1, 0.15) is 10.6 Å². The van der Waals surface area contributed by atoms with Gasteiger partial charge in [0, 0.05) is 18.8 Å². The first-order valence-corrected chi connectivity index (χ1v) is 9.96. The molecule has 0 heterocycles. The van der Waals surface area contributed by atoms with Crippen molar-refractivity contribution >= 4 is 21.6 Å². The van der Waals surface area contributed by atoms with Crippen LogP contribution in [0.2, 0.25) is 0 Å². The van der Waals surface area contributed by atoms with Gasteiger partial charge in [-0.15, -0.1) is 0 Å². The lowest BCUT2D eigenvalue weighted by Gasteiger charge is -2.21. The third-order valence-corrected chi connectivity index (χ3v) is 5.93. The summed E-state index contributed by atoms with van der Waals surface area (Å²) in [5, 5.41) is 2.68. The number of carbonyl (C=O) groups is 1. The number of nitrogens with zero attached hydrogens (tertiary/aromatic N) is 1.